The van der Waals surface area contributed by atoms with E-state index in [1.54, 1.807) is 11.9 Å². The van der Waals surface area contributed by atoms with Gasteiger partial charge < -0.3 is 0 Å². The number of carbonyl (C=O) groups is 1. The van der Waals surface area contributed by atoms with Gasteiger partial charge in [0.2, 0.25) is 0 Å². The highest BCUT2D eigenvalue weighted by Gasteiger charge is 2.33. The summed E-state index contributed by atoms with van der Waals surface area (Å²) in [6.45, 7) is 3.81. The maximum Gasteiger partial charge on any atom is 0.330 e. The Morgan fingerprint density at radius 2 is 2.29 bits per heavy atom. The van der Waals surface area contributed by atoms with Gasteiger partial charge >= 0.3 is 6.03 Å². The third kappa shape index (κ3) is 1.22. The molecule has 0 spiro atoms. The van der Waals surface area contributed by atoms with Crippen molar-refractivity contribution < 1.29 is 4.79 Å². The zero-order valence-electron chi connectivity index (χ0n) is 7.40. The Bertz CT molecular complexity index is 404. The van der Waals surface area contributed by atoms with Crippen LogP contribution in [0.5, 0.6) is 0 Å². The van der Waals surface area contributed by atoms with Crippen molar-refractivity contribution in [3.8, 4) is 0 Å². The number of halogens is 1. The van der Waals surface area contributed by atoms with Crippen LogP contribution in [0.3, 0.4) is 0 Å². The summed E-state index contributed by atoms with van der Waals surface area (Å²) in [5, 5.41) is 0. The van der Waals surface area contributed by atoms with E-state index in [-0.39, 0.29) is 6.03 Å². The summed E-state index contributed by atoms with van der Waals surface area (Å²) >= 11 is 3.22. The molecule has 1 aliphatic rings. The predicted molar refractivity (Wildman–Crippen MR) is 63.5 cm³/mol. The van der Waals surface area contributed by atoms with Gasteiger partial charge in [-0.2, -0.15) is 8.75 Å². The van der Waals surface area contributed by atoms with E-state index in [4.69, 9.17) is 0 Å². The predicted octanol–water partition coefficient (Wildman–Crippen LogP) is 1.77. The minimum Gasteiger partial charge on any atom is -0.295 e. The molecule has 0 saturated heterocycles. The fraction of sp³-hybridized carbons (Fsp3) is 0.286. The number of hydrogen-bond donors (Lipinski definition) is 0. The molecule has 0 aromatic carbocycles. The van der Waals surface area contributed by atoms with Crippen LogP contribution in [0, 0.1) is 0 Å². The van der Waals surface area contributed by atoms with Crippen LogP contribution < -0.4 is 4.90 Å². The minimum absolute atomic E-state index is 0.107. The van der Waals surface area contributed by atoms with Gasteiger partial charge in [0.15, 0.2) is 5.82 Å². The van der Waals surface area contributed by atoms with Gasteiger partial charge in [-0.3, -0.25) is 9.80 Å². The van der Waals surface area contributed by atoms with E-state index in [1.165, 1.54) is 4.90 Å². The Labute approximate surface area is 98.9 Å². The molecule has 0 aliphatic carbocycles. The van der Waals surface area contributed by atoms with Crippen LogP contribution in [0.2, 0.25) is 0 Å². The third-order valence-electron chi connectivity index (χ3n) is 2.04. The van der Waals surface area contributed by atoms with Gasteiger partial charge in [0.1, 0.15) is 5.69 Å². The van der Waals surface area contributed by atoms with E-state index in [9.17, 15) is 4.79 Å². The SMILES string of the molecule is C=C1c2nsnc2N(CI)C(=O)N1C. The Kier molecular flexibility index (Phi) is 2.43. The third-order valence-corrected chi connectivity index (χ3v) is 3.24. The Morgan fingerprint density at radius 1 is 1.57 bits per heavy atom. The van der Waals surface area contributed by atoms with Crippen molar-refractivity contribution in [2.75, 3.05) is 16.5 Å². The molecule has 0 bridgehead atoms. The quantitative estimate of drug-likeness (QED) is 0.450. The van der Waals surface area contributed by atoms with Crippen LogP contribution in [0.25, 0.3) is 5.70 Å². The van der Waals surface area contributed by atoms with Crippen molar-refractivity contribution in [3.63, 3.8) is 0 Å². The maximum absolute atomic E-state index is 11.8. The Morgan fingerprint density at radius 3 is 2.93 bits per heavy atom. The summed E-state index contributed by atoms with van der Waals surface area (Å²) in [7, 11) is 1.69. The average Bonchev–Trinajstić information content (AvgIpc) is 2.64. The summed E-state index contributed by atoms with van der Waals surface area (Å²) in [5.74, 6) is 0.623. The molecule has 0 radical (unpaired) electrons. The summed E-state index contributed by atoms with van der Waals surface area (Å²) in [6.07, 6.45) is 0. The van der Waals surface area contributed by atoms with Crippen LogP contribution in [-0.4, -0.2) is 31.3 Å². The van der Waals surface area contributed by atoms with Gasteiger partial charge in [0.25, 0.3) is 0 Å². The number of rotatable bonds is 1. The first-order chi connectivity index (χ1) is 6.66. The molecule has 2 rings (SSSR count). The van der Waals surface area contributed by atoms with Crippen molar-refractivity contribution in [3.05, 3.63) is 12.3 Å². The highest BCUT2D eigenvalue weighted by molar-refractivity contribution is 14.1. The lowest BCUT2D eigenvalue weighted by atomic mass is 10.2. The lowest BCUT2D eigenvalue weighted by molar-refractivity contribution is 0.230. The molecule has 2 heterocycles. The molecule has 14 heavy (non-hydrogen) atoms. The van der Waals surface area contributed by atoms with Crippen molar-refractivity contribution in [1.82, 2.24) is 13.6 Å². The van der Waals surface area contributed by atoms with Crippen LogP contribution >= 0.6 is 34.3 Å². The first-order valence-electron chi connectivity index (χ1n) is 3.80. The maximum atomic E-state index is 11.8. The smallest absolute Gasteiger partial charge is 0.295 e. The summed E-state index contributed by atoms with van der Waals surface area (Å²) in [6, 6.07) is -0.107. The molecular weight excluding hydrogens is 315 g/mol. The number of fused-ring (bicyclic) bond motifs is 1. The number of alkyl halides is 1. The highest BCUT2D eigenvalue weighted by atomic mass is 127. The number of anilines is 1. The van der Waals surface area contributed by atoms with Gasteiger partial charge in [-0.25, -0.2) is 4.79 Å². The molecule has 0 saturated carbocycles. The molecule has 0 unspecified atom stereocenters. The summed E-state index contributed by atoms with van der Waals surface area (Å²) in [4.78, 5) is 14.8. The number of carbonyl (C=O) groups excluding carboxylic acids is 1. The zero-order valence-corrected chi connectivity index (χ0v) is 10.4. The number of urea groups is 1. The number of nitrogens with zero attached hydrogens (tertiary/aromatic N) is 4. The second kappa shape index (κ2) is 3.46. The van der Waals surface area contributed by atoms with E-state index in [0.717, 1.165) is 11.7 Å². The number of amides is 2. The standard InChI is InChI=1S/C7H7IN4OS/c1-4-5-6(10-14-9-5)12(3-8)7(13)11(4)2/h1,3H2,2H3. The van der Waals surface area contributed by atoms with Crippen LogP contribution in [-0.2, 0) is 0 Å². The van der Waals surface area contributed by atoms with Gasteiger partial charge in [-0.05, 0) is 0 Å². The lowest BCUT2D eigenvalue weighted by Crippen LogP contribution is -2.43. The molecule has 5 nitrogen and oxygen atoms in total. The van der Waals surface area contributed by atoms with E-state index in [1.807, 2.05) is 0 Å². The average molecular weight is 322 g/mol. The summed E-state index contributed by atoms with van der Waals surface area (Å²) in [5.41, 5.74) is 1.31. The molecule has 0 atom stereocenters. The number of hydrogen-bond acceptors (Lipinski definition) is 4. The van der Waals surface area contributed by atoms with Crippen molar-refractivity contribution in [2.24, 2.45) is 0 Å². The van der Waals surface area contributed by atoms with Gasteiger partial charge in [0.05, 0.1) is 22.0 Å². The molecule has 2 amide bonds. The molecule has 0 fully saturated rings. The second-order valence-electron chi connectivity index (χ2n) is 2.77. The van der Waals surface area contributed by atoms with Gasteiger partial charge in [0, 0.05) is 7.05 Å². The van der Waals surface area contributed by atoms with Crippen LogP contribution in [0.15, 0.2) is 6.58 Å². The van der Waals surface area contributed by atoms with E-state index in [2.05, 4.69) is 37.9 Å². The van der Waals surface area contributed by atoms with Crippen LogP contribution in [0.1, 0.15) is 5.69 Å². The normalized spacial score (nSPS) is 16.1. The van der Waals surface area contributed by atoms with Crippen molar-refractivity contribution in [2.45, 2.75) is 0 Å². The van der Waals surface area contributed by atoms with Gasteiger partial charge in [-0.15, -0.1) is 0 Å². The van der Waals surface area contributed by atoms with Gasteiger partial charge in [-0.1, -0.05) is 29.2 Å². The van der Waals surface area contributed by atoms with E-state index in [0.29, 0.717) is 21.8 Å². The molecule has 0 N–H and O–H groups in total. The first-order valence-corrected chi connectivity index (χ1v) is 6.05. The fourth-order valence-corrected chi connectivity index (χ4v) is 2.38. The van der Waals surface area contributed by atoms with E-state index >= 15 is 0 Å². The second-order valence-corrected chi connectivity index (χ2v) is 3.98. The fourth-order valence-electron chi connectivity index (χ4n) is 1.20. The monoisotopic (exact) mass is 322 g/mol. The van der Waals surface area contributed by atoms with Crippen LogP contribution in [0.4, 0.5) is 10.6 Å². The highest BCUT2D eigenvalue weighted by Crippen LogP contribution is 2.32. The van der Waals surface area contributed by atoms with Crippen molar-refractivity contribution >= 4 is 51.9 Å². The lowest BCUT2D eigenvalue weighted by Gasteiger charge is -2.31. The summed E-state index contributed by atoms with van der Waals surface area (Å²) < 4.78 is 8.76. The molecule has 74 valence electrons. The topological polar surface area (TPSA) is 49.3 Å². The van der Waals surface area contributed by atoms with Crippen molar-refractivity contribution in [1.29, 1.82) is 0 Å². The number of aromatic nitrogens is 2. The minimum atomic E-state index is -0.107. The molecular formula is C7H7IN4OS. The molecule has 7 heteroatoms. The first kappa shape index (κ1) is 9.84. The molecule has 1 aromatic rings. The molecule has 1 aromatic heterocycles. The largest absolute Gasteiger partial charge is 0.330 e. The Balaban J connectivity index is 2.55. The zero-order chi connectivity index (χ0) is 10.3. The molecule has 1 aliphatic heterocycles. The van der Waals surface area contributed by atoms with E-state index < -0.39 is 0 Å². The Hall–Kier alpha value is -0.700.